The maximum absolute atomic E-state index is 14.7. The van der Waals surface area contributed by atoms with Gasteiger partial charge in [-0.2, -0.15) is 10.2 Å². The van der Waals surface area contributed by atoms with E-state index < -0.39 is 0 Å². The van der Waals surface area contributed by atoms with Crippen molar-refractivity contribution in [3.8, 4) is 28.3 Å². The number of ether oxygens (including phenoxy) is 1. The summed E-state index contributed by atoms with van der Waals surface area (Å²) in [5, 5.41) is 16.6. The zero-order valence-electron chi connectivity index (χ0n) is 39.9. The number of aromatic nitrogens is 10. The van der Waals surface area contributed by atoms with E-state index in [0.29, 0.717) is 63.8 Å². The second kappa shape index (κ2) is 17.7. The molecule has 16 nitrogen and oxygen atoms in total. The molecule has 2 saturated carbocycles. The van der Waals surface area contributed by atoms with Gasteiger partial charge in [0.15, 0.2) is 11.3 Å². The summed E-state index contributed by atoms with van der Waals surface area (Å²) in [6.07, 6.45) is 8.93. The van der Waals surface area contributed by atoms with Crippen LogP contribution in [-0.2, 0) is 10.8 Å². The summed E-state index contributed by atoms with van der Waals surface area (Å²) in [4.78, 5) is 34.3. The molecule has 3 aromatic carbocycles. The number of piperidine rings is 2. The molecule has 9 aromatic rings. The fourth-order valence-electron chi connectivity index (χ4n) is 12.3. The number of nitrogens with two attached hydrogens (primary N) is 2. The molecule has 2 aliphatic heterocycles. The van der Waals surface area contributed by atoms with Gasteiger partial charge in [-0.3, -0.25) is 15.2 Å². The molecule has 6 N–H and O–H groups in total. The Morgan fingerprint density at radius 3 is 1.75 bits per heavy atom. The third kappa shape index (κ3) is 7.20. The SMILES string of the molecule is CN(C)c1nccc(-c2n[nH]c3nc(N4CC[C@@H]5[C@H](C4)[C@@]5(CN)c4ccccc4F)cnc23)c1Cl.COc1ccc2c(-c3n[nH]c4nc(N5CC[C@@H]6[C@H](C5)[C@@]6(CN)c5ccccc5F)cnc34)ccnc2c1. The summed E-state index contributed by atoms with van der Waals surface area (Å²) in [7, 11) is 5.42. The fraction of sp³-hybridized carbons (Fsp3) is 0.321. The Hall–Kier alpha value is -7.41. The zero-order valence-corrected chi connectivity index (χ0v) is 40.7. The van der Waals surface area contributed by atoms with Crippen LogP contribution in [0.25, 0.3) is 55.7 Å². The van der Waals surface area contributed by atoms with Gasteiger partial charge in [0.25, 0.3) is 0 Å². The largest absolute Gasteiger partial charge is 0.497 e. The highest BCUT2D eigenvalue weighted by Gasteiger charge is 2.67. The molecule has 4 aliphatic rings. The lowest BCUT2D eigenvalue weighted by atomic mass is 9.91. The summed E-state index contributed by atoms with van der Waals surface area (Å²) < 4.78 is 34.7. The number of rotatable bonds is 10. The van der Waals surface area contributed by atoms with Crippen LogP contribution in [0.5, 0.6) is 5.75 Å². The first-order valence-electron chi connectivity index (χ1n) is 24.2. The van der Waals surface area contributed by atoms with Crippen LogP contribution in [-0.4, -0.2) is 111 Å². The molecule has 4 fully saturated rings. The molecule has 0 unspecified atom stereocenters. The number of H-pyrrole nitrogens is 2. The first-order valence-corrected chi connectivity index (χ1v) is 24.5. The molecule has 366 valence electrons. The predicted molar refractivity (Wildman–Crippen MR) is 275 cm³/mol. The maximum Gasteiger partial charge on any atom is 0.177 e. The first-order chi connectivity index (χ1) is 35.1. The minimum Gasteiger partial charge on any atom is -0.497 e. The number of nitrogens with zero attached hydrogens (tertiary/aromatic N) is 11. The molecule has 6 aromatic heterocycles. The average molecular weight is 989 g/mol. The minimum absolute atomic E-state index is 0.165. The quantitative estimate of drug-likeness (QED) is 0.104. The monoisotopic (exact) mass is 987 g/mol. The topological polar surface area (TPSA) is 206 Å². The van der Waals surface area contributed by atoms with E-state index in [2.05, 4.69) is 40.2 Å². The molecule has 2 saturated heterocycles. The number of aromatic amines is 2. The van der Waals surface area contributed by atoms with E-state index in [4.69, 9.17) is 47.7 Å². The lowest BCUT2D eigenvalue weighted by Crippen LogP contribution is -2.32. The molecule has 72 heavy (non-hydrogen) atoms. The van der Waals surface area contributed by atoms with Gasteiger partial charge in [0.2, 0.25) is 0 Å². The molecule has 13 rings (SSSR count). The van der Waals surface area contributed by atoms with Crippen LogP contribution in [0.15, 0.2) is 104 Å². The number of anilines is 3. The van der Waals surface area contributed by atoms with Crippen molar-refractivity contribution in [3.05, 3.63) is 131 Å². The Balaban J connectivity index is 0.000000147. The van der Waals surface area contributed by atoms with Crippen molar-refractivity contribution in [2.75, 3.05) is 75.2 Å². The van der Waals surface area contributed by atoms with Gasteiger partial charge in [-0.25, -0.2) is 33.7 Å². The summed E-state index contributed by atoms with van der Waals surface area (Å²) in [6.45, 7) is 4.06. The van der Waals surface area contributed by atoms with Crippen molar-refractivity contribution in [1.29, 1.82) is 0 Å². The number of fused-ring (bicyclic) bond motifs is 5. The van der Waals surface area contributed by atoms with Gasteiger partial charge < -0.3 is 30.9 Å². The van der Waals surface area contributed by atoms with Crippen LogP contribution < -0.4 is 30.9 Å². The molecule has 0 bridgehead atoms. The minimum atomic E-state index is -0.305. The molecular formula is C53H52ClF2N15O. The second-order valence-corrected chi connectivity index (χ2v) is 19.8. The summed E-state index contributed by atoms with van der Waals surface area (Å²) in [5.41, 5.74) is 19.8. The van der Waals surface area contributed by atoms with E-state index in [1.54, 1.807) is 37.8 Å². The van der Waals surface area contributed by atoms with Gasteiger partial charge in [-0.1, -0.05) is 48.0 Å². The van der Waals surface area contributed by atoms with Gasteiger partial charge in [0, 0.05) is 99.2 Å². The molecule has 6 atom stereocenters. The Morgan fingerprint density at radius 1 is 0.694 bits per heavy atom. The number of halogens is 3. The molecular weight excluding hydrogens is 936 g/mol. The Bertz CT molecular complexity index is 3540. The van der Waals surface area contributed by atoms with Crippen LogP contribution in [0.1, 0.15) is 24.0 Å². The average Bonchev–Trinajstić information content (AvgIpc) is 4.09. The molecule has 8 heterocycles. The van der Waals surface area contributed by atoms with Crippen molar-refractivity contribution in [3.63, 3.8) is 0 Å². The molecule has 19 heteroatoms. The third-order valence-electron chi connectivity index (χ3n) is 16.0. The van der Waals surface area contributed by atoms with Gasteiger partial charge in [0.1, 0.15) is 57.3 Å². The van der Waals surface area contributed by atoms with Gasteiger partial charge in [-0.05, 0) is 84.0 Å². The van der Waals surface area contributed by atoms with E-state index in [9.17, 15) is 8.78 Å². The maximum atomic E-state index is 14.7. The van der Waals surface area contributed by atoms with Crippen LogP contribution in [0.4, 0.5) is 26.2 Å². The Labute approximate surface area is 418 Å². The molecule has 0 spiro atoms. The normalized spacial score (nSPS) is 23.1. The highest BCUT2D eigenvalue weighted by atomic mass is 35.5. The van der Waals surface area contributed by atoms with E-state index in [1.165, 1.54) is 12.1 Å². The van der Waals surface area contributed by atoms with E-state index in [0.717, 1.165) is 95.3 Å². The molecule has 0 radical (unpaired) electrons. The van der Waals surface area contributed by atoms with Crippen LogP contribution in [0.2, 0.25) is 5.02 Å². The predicted octanol–water partition coefficient (Wildman–Crippen LogP) is 7.69. The summed E-state index contributed by atoms with van der Waals surface area (Å²) in [5.74, 6) is 3.99. The van der Waals surface area contributed by atoms with Gasteiger partial charge in [0.05, 0.1) is 30.0 Å². The van der Waals surface area contributed by atoms with Crippen molar-refractivity contribution < 1.29 is 13.5 Å². The number of benzene rings is 3. The van der Waals surface area contributed by atoms with Crippen molar-refractivity contribution >= 4 is 62.3 Å². The Morgan fingerprint density at radius 2 is 1.22 bits per heavy atom. The van der Waals surface area contributed by atoms with Gasteiger partial charge in [-0.15, -0.1) is 0 Å². The van der Waals surface area contributed by atoms with E-state index >= 15 is 0 Å². The lowest BCUT2D eigenvalue weighted by molar-refractivity contribution is 0.415. The summed E-state index contributed by atoms with van der Waals surface area (Å²) in [6, 6.07) is 23.7. The highest BCUT2D eigenvalue weighted by molar-refractivity contribution is 6.36. The third-order valence-corrected chi connectivity index (χ3v) is 16.4. The highest BCUT2D eigenvalue weighted by Crippen LogP contribution is 2.64. The lowest BCUT2D eigenvalue weighted by Gasteiger charge is -2.26. The standard InChI is InChI=1S/C28H26FN7O.C25H26ClFN8/c1-37-16-6-7-17-18(8-10-31-23(17)12-16)25-26-27(35-34-25)33-24(13-32-26)36-11-9-19-21(14-36)28(19,15-30)20-4-2-3-5-22(20)29;1-34(2)24-20(26)14(7-9-29-24)21-22-23(33-32-21)31-19(11-30-22)35-10-8-15-17(12-35)25(15,13-28)16-5-3-4-6-18(16)27/h2-8,10,12-13,19,21H,9,11,14-15,30H2,1H3,(H,33,34,35);3-7,9,11,15,17H,8,10,12-13,28H2,1-2H3,(H,31,32,33)/t19-,21+,28-;15-,17+,25-/m11/s1. The first kappa shape index (κ1) is 45.7. The number of hydrogen-bond acceptors (Lipinski definition) is 14. The Kier molecular flexibility index (Phi) is 11.2. The number of pyridine rings is 2. The van der Waals surface area contributed by atoms with E-state index in [1.807, 2.05) is 79.8 Å². The number of nitrogens with one attached hydrogen (secondary N) is 2. The van der Waals surface area contributed by atoms with Crippen LogP contribution in [0, 0.1) is 35.3 Å². The van der Waals surface area contributed by atoms with Gasteiger partial charge >= 0.3 is 0 Å². The van der Waals surface area contributed by atoms with Crippen molar-refractivity contribution in [2.24, 2.45) is 35.1 Å². The molecule has 0 amide bonds. The fourth-order valence-corrected chi connectivity index (χ4v) is 12.7. The number of hydrogen-bond donors (Lipinski definition) is 4. The zero-order chi connectivity index (χ0) is 49.5. The van der Waals surface area contributed by atoms with Crippen molar-refractivity contribution in [2.45, 2.75) is 23.7 Å². The second-order valence-electron chi connectivity index (χ2n) is 19.5. The smallest absolute Gasteiger partial charge is 0.177 e. The van der Waals surface area contributed by atoms with Crippen molar-refractivity contribution in [1.82, 2.24) is 50.3 Å². The van der Waals surface area contributed by atoms with Crippen LogP contribution >= 0.6 is 11.6 Å². The summed E-state index contributed by atoms with van der Waals surface area (Å²) >= 11 is 6.62. The molecule has 2 aliphatic carbocycles. The van der Waals surface area contributed by atoms with Crippen LogP contribution in [0.3, 0.4) is 0 Å². The number of methoxy groups -OCH3 is 1. The van der Waals surface area contributed by atoms with E-state index in [-0.39, 0.29) is 34.3 Å².